The molecule has 0 aliphatic carbocycles. The molecule has 2 N–H and O–H groups in total. The van der Waals surface area contributed by atoms with Crippen molar-refractivity contribution in [1.82, 2.24) is 5.32 Å². The largest absolute Gasteiger partial charge is 0.486 e. The van der Waals surface area contributed by atoms with Crippen LogP contribution in [-0.4, -0.2) is 11.9 Å². The van der Waals surface area contributed by atoms with Gasteiger partial charge in [0.05, 0.1) is 16.1 Å². The van der Waals surface area contributed by atoms with Crippen LogP contribution in [0.5, 0.6) is 5.75 Å². The number of amides is 3. The third-order valence-corrected chi connectivity index (χ3v) is 4.81. The molecular weight excluding hydrogens is 445 g/mol. The van der Waals surface area contributed by atoms with Crippen LogP contribution in [0.15, 0.2) is 72.8 Å². The summed E-state index contributed by atoms with van der Waals surface area (Å²) in [7, 11) is 0. The minimum atomic E-state index is -4.39. The summed E-state index contributed by atoms with van der Waals surface area (Å²) in [6.07, 6.45) is -4.89. The van der Waals surface area contributed by atoms with Crippen LogP contribution in [-0.2, 0) is 6.18 Å². The lowest BCUT2D eigenvalue weighted by molar-refractivity contribution is -0.137. The first-order valence-corrected chi connectivity index (χ1v) is 9.82. The smallest absolute Gasteiger partial charge is 0.416 e. The van der Waals surface area contributed by atoms with Gasteiger partial charge >= 0.3 is 12.2 Å². The molecule has 0 aliphatic heterocycles. The molecule has 0 saturated heterocycles. The Hall–Kier alpha value is -3.52. The quantitative estimate of drug-likeness (QED) is 0.457. The molecule has 0 fully saturated rings. The minimum absolute atomic E-state index is 0.172. The van der Waals surface area contributed by atoms with Gasteiger partial charge in [-0.15, -0.1) is 0 Å². The third-order valence-electron chi connectivity index (χ3n) is 4.48. The minimum Gasteiger partial charge on any atom is -0.486 e. The van der Waals surface area contributed by atoms with E-state index in [-0.39, 0.29) is 10.6 Å². The average molecular weight is 463 g/mol. The maximum Gasteiger partial charge on any atom is 0.416 e. The predicted octanol–water partition coefficient (Wildman–Crippen LogP) is 6.46. The highest BCUT2D eigenvalue weighted by atomic mass is 35.5. The molecule has 166 valence electrons. The Kier molecular flexibility index (Phi) is 7.05. The molecule has 3 rings (SSSR count). The van der Waals surface area contributed by atoms with Gasteiger partial charge in [-0.3, -0.25) is 10.1 Å². The summed E-state index contributed by atoms with van der Waals surface area (Å²) in [5.41, 5.74) is 0.433. The van der Waals surface area contributed by atoms with Crippen molar-refractivity contribution in [2.45, 2.75) is 19.2 Å². The van der Waals surface area contributed by atoms with Crippen LogP contribution in [0.1, 0.15) is 34.5 Å². The number of anilines is 1. The van der Waals surface area contributed by atoms with Crippen molar-refractivity contribution < 1.29 is 27.5 Å². The number of urea groups is 1. The zero-order chi connectivity index (χ0) is 23.3. The number of carbonyl (C=O) groups is 2. The fourth-order valence-electron chi connectivity index (χ4n) is 2.81. The Bertz CT molecular complexity index is 1100. The van der Waals surface area contributed by atoms with Crippen molar-refractivity contribution in [2.24, 2.45) is 0 Å². The van der Waals surface area contributed by atoms with Crippen molar-refractivity contribution in [3.05, 3.63) is 94.5 Å². The first-order valence-electron chi connectivity index (χ1n) is 9.44. The molecule has 0 saturated carbocycles. The Balaban J connectivity index is 1.56. The molecule has 0 aromatic heterocycles. The number of ether oxygens (including phenoxy) is 1. The highest BCUT2D eigenvalue weighted by Crippen LogP contribution is 2.31. The monoisotopic (exact) mass is 462 g/mol. The first-order chi connectivity index (χ1) is 15.1. The molecule has 3 amide bonds. The Morgan fingerprint density at radius 1 is 0.938 bits per heavy atom. The van der Waals surface area contributed by atoms with E-state index in [0.29, 0.717) is 17.0 Å². The molecular formula is C23H18ClF3N2O3. The molecule has 0 bridgehead atoms. The Morgan fingerprint density at radius 3 is 2.16 bits per heavy atom. The van der Waals surface area contributed by atoms with E-state index in [1.54, 1.807) is 49.4 Å². The maximum absolute atomic E-state index is 12.7. The predicted molar refractivity (Wildman–Crippen MR) is 115 cm³/mol. The fraction of sp³-hybridized carbons (Fsp3) is 0.130. The lowest BCUT2D eigenvalue weighted by atomic mass is 10.1. The summed E-state index contributed by atoms with van der Waals surface area (Å²) >= 11 is 5.94. The van der Waals surface area contributed by atoms with E-state index in [0.717, 1.165) is 12.1 Å². The van der Waals surface area contributed by atoms with Gasteiger partial charge in [0.15, 0.2) is 0 Å². The van der Waals surface area contributed by atoms with Gasteiger partial charge in [-0.2, -0.15) is 13.2 Å². The number of rotatable bonds is 5. The molecule has 3 aromatic rings. The van der Waals surface area contributed by atoms with Gasteiger partial charge in [-0.05, 0) is 61.0 Å². The molecule has 9 heteroatoms. The number of benzene rings is 3. The first kappa shape index (κ1) is 23.1. The molecule has 0 heterocycles. The number of halogens is 4. The summed E-state index contributed by atoms with van der Waals surface area (Å²) in [4.78, 5) is 24.2. The summed E-state index contributed by atoms with van der Waals surface area (Å²) < 4.78 is 43.8. The second kappa shape index (κ2) is 9.74. The van der Waals surface area contributed by atoms with Crippen LogP contribution in [0.2, 0.25) is 5.02 Å². The number of nitrogens with one attached hydrogen (secondary N) is 2. The number of hydrogen-bond acceptors (Lipinski definition) is 3. The van der Waals surface area contributed by atoms with E-state index >= 15 is 0 Å². The number of imide groups is 1. The zero-order valence-electron chi connectivity index (χ0n) is 16.7. The molecule has 0 radical (unpaired) electrons. The molecule has 1 atom stereocenters. The van der Waals surface area contributed by atoms with Crippen LogP contribution in [0, 0.1) is 0 Å². The van der Waals surface area contributed by atoms with Crippen LogP contribution < -0.4 is 15.4 Å². The van der Waals surface area contributed by atoms with Crippen molar-refractivity contribution in [3.63, 3.8) is 0 Å². The summed E-state index contributed by atoms with van der Waals surface area (Å²) in [6, 6.07) is 16.6. The van der Waals surface area contributed by atoms with Crippen LogP contribution >= 0.6 is 11.6 Å². The topological polar surface area (TPSA) is 67.4 Å². The molecule has 1 unspecified atom stereocenters. The van der Waals surface area contributed by atoms with E-state index in [1.165, 1.54) is 18.2 Å². The lowest BCUT2D eigenvalue weighted by Gasteiger charge is -2.16. The Morgan fingerprint density at radius 2 is 1.56 bits per heavy atom. The summed E-state index contributed by atoms with van der Waals surface area (Å²) in [6.45, 7) is 1.71. The zero-order valence-corrected chi connectivity index (χ0v) is 17.5. The SMILES string of the molecule is CC(Oc1ccc(NC(=O)NC(=O)c2ccccc2Cl)cc1)c1ccc(C(F)(F)F)cc1. The fourth-order valence-corrected chi connectivity index (χ4v) is 3.03. The second-order valence-corrected chi connectivity index (χ2v) is 7.20. The number of carbonyl (C=O) groups excluding carboxylic acids is 2. The van der Waals surface area contributed by atoms with Gasteiger partial charge in [0, 0.05) is 5.69 Å². The molecule has 32 heavy (non-hydrogen) atoms. The molecule has 5 nitrogen and oxygen atoms in total. The van der Waals surface area contributed by atoms with E-state index in [4.69, 9.17) is 16.3 Å². The van der Waals surface area contributed by atoms with Gasteiger partial charge in [-0.25, -0.2) is 4.79 Å². The third kappa shape index (κ3) is 6.01. The van der Waals surface area contributed by atoms with E-state index < -0.39 is 29.8 Å². The van der Waals surface area contributed by atoms with E-state index in [9.17, 15) is 22.8 Å². The average Bonchev–Trinajstić information content (AvgIpc) is 2.74. The maximum atomic E-state index is 12.7. The molecule has 0 aliphatic rings. The summed E-state index contributed by atoms with van der Waals surface area (Å²) in [5.74, 6) is -0.186. The second-order valence-electron chi connectivity index (χ2n) is 6.79. The lowest BCUT2D eigenvalue weighted by Crippen LogP contribution is -2.34. The van der Waals surface area contributed by atoms with Gasteiger partial charge < -0.3 is 10.1 Å². The van der Waals surface area contributed by atoms with Gasteiger partial charge in [-0.1, -0.05) is 35.9 Å². The van der Waals surface area contributed by atoms with E-state index in [1.807, 2.05) is 0 Å². The van der Waals surface area contributed by atoms with Gasteiger partial charge in [0.25, 0.3) is 5.91 Å². The highest BCUT2D eigenvalue weighted by Gasteiger charge is 2.30. The summed E-state index contributed by atoms with van der Waals surface area (Å²) in [5, 5.41) is 4.93. The van der Waals surface area contributed by atoms with Crippen molar-refractivity contribution in [1.29, 1.82) is 0 Å². The van der Waals surface area contributed by atoms with E-state index in [2.05, 4.69) is 10.6 Å². The normalized spacial score (nSPS) is 12.0. The Labute approximate surface area is 187 Å². The molecule has 0 spiro atoms. The van der Waals surface area contributed by atoms with Crippen molar-refractivity contribution in [2.75, 3.05) is 5.32 Å². The number of alkyl halides is 3. The number of hydrogen-bond donors (Lipinski definition) is 2. The van der Waals surface area contributed by atoms with Crippen molar-refractivity contribution >= 4 is 29.2 Å². The van der Waals surface area contributed by atoms with Crippen LogP contribution in [0.4, 0.5) is 23.7 Å². The molecule has 3 aromatic carbocycles. The highest BCUT2D eigenvalue weighted by molar-refractivity contribution is 6.34. The van der Waals surface area contributed by atoms with Crippen LogP contribution in [0.3, 0.4) is 0 Å². The van der Waals surface area contributed by atoms with Crippen LogP contribution in [0.25, 0.3) is 0 Å². The van der Waals surface area contributed by atoms with Crippen molar-refractivity contribution in [3.8, 4) is 5.75 Å². The van der Waals surface area contributed by atoms with Gasteiger partial charge in [0.1, 0.15) is 11.9 Å². The standard InChI is InChI=1S/C23H18ClF3N2O3/c1-14(15-6-8-16(9-7-15)23(25,26)27)32-18-12-10-17(11-13-18)28-22(31)29-21(30)19-4-2-3-5-20(19)24/h2-14H,1H3,(H2,28,29,30,31). The van der Waals surface area contributed by atoms with Gasteiger partial charge in [0.2, 0.25) is 0 Å².